The molecule has 0 aromatic heterocycles. The molecule has 0 radical (unpaired) electrons. The first-order valence-electron chi connectivity index (χ1n) is 7.61. The molecule has 1 heterocycles. The van der Waals surface area contributed by atoms with Crippen LogP contribution >= 0.6 is 35.6 Å². The minimum absolute atomic E-state index is 0. The number of nitrogens with zero attached hydrogens (tertiary/aromatic N) is 1. The van der Waals surface area contributed by atoms with Gasteiger partial charge in [-0.3, -0.25) is 4.79 Å². The molecule has 0 aliphatic carbocycles. The molecule has 4 nitrogen and oxygen atoms in total. The Morgan fingerprint density at radius 2 is 1.91 bits per heavy atom. The van der Waals surface area contributed by atoms with E-state index in [2.05, 4.69) is 5.32 Å². The van der Waals surface area contributed by atoms with Gasteiger partial charge < -0.3 is 15.0 Å². The van der Waals surface area contributed by atoms with E-state index in [1.54, 1.807) is 18.2 Å². The molecule has 1 aliphatic heterocycles. The summed E-state index contributed by atoms with van der Waals surface area (Å²) >= 11 is 12.1. The Morgan fingerprint density at radius 1 is 1.30 bits per heavy atom. The summed E-state index contributed by atoms with van der Waals surface area (Å²) in [7, 11) is 1.97. The molecule has 0 saturated carbocycles. The van der Waals surface area contributed by atoms with E-state index in [0.29, 0.717) is 21.7 Å². The molecule has 1 aliphatic rings. The first-order chi connectivity index (χ1) is 10.6. The molecule has 1 aromatic carbocycles. The van der Waals surface area contributed by atoms with E-state index >= 15 is 0 Å². The Balaban J connectivity index is 0.00000264. The number of piperidine rings is 1. The average molecular weight is 382 g/mol. The lowest BCUT2D eigenvalue weighted by atomic mass is 9.93. The smallest absolute Gasteiger partial charge is 0.260 e. The number of carbonyl (C=O) groups is 1. The molecule has 7 heteroatoms. The molecular weight excluding hydrogens is 359 g/mol. The predicted octanol–water partition coefficient (Wildman–Crippen LogP) is 3.64. The standard InChI is InChI=1S/C16H22Cl2N2O2.ClH/c1-19-8-5-12-6-9-20(10-7-12)15(21)11-22-16-13(17)3-2-4-14(16)18;/h2-4,12,19H,5-11H2,1H3;1H. The van der Waals surface area contributed by atoms with Gasteiger partial charge in [-0.05, 0) is 50.9 Å². The third kappa shape index (κ3) is 6.03. The van der Waals surface area contributed by atoms with Crippen LogP contribution in [0.3, 0.4) is 0 Å². The second kappa shape index (κ2) is 10.2. The number of halogens is 3. The second-order valence-electron chi connectivity index (χ2n) is 5.56. The summed E-state index contributed by atoms with van der Waals surface area (Å²) < 4.78 is 5.51. The summed E-state index contributed by atoms with van der Waals surface area (Å²) in [5.41, 5.74) is 0. The molecule has 1 amide bonds. The Labute approximate surface area is 153 Å². The van der Waals surface area contributed by atoms with E-state index in [0.717, 1.165) is 32.5 Å². The Hall–Kier alpha value is -0.680. The molecule has 23 heavy (non-hydrogen) atoms. The monoisotopic (exact) mass is 380 g/mol. The number of rotatable bonds is 6. The molecule has 1 fully saturated rings. The van der Waals surface area contributed by atoms with Crippen molar-refractivity contribution in [2.75, 3.05) is 33.3 Å². The SMILES string of the molecule is CNCCC1CCN(C(=O)COc2c(Cl)cccc2Cl)CC1.Cl. The number of amides is 1. The Bertz CT molecular complexity index is 486. The number of likely N-dealkylation sites (tertiary alicyclic amines) is 1. The Morgan fingerprint density at radius 3 is 2.48 bits per heavy atom. The number of benzene rings is 1. The number of ether oxygens (including phenoxy) is 1. The fraction of sp³-hybridized carbons (Fsp3) is 0.562. The summed E-state index contributed by atoms with van der Waals surface area (Å²) in [6.07, 6.45) is 3.28. The van der Waals surface area contributed by atoms with Crippen molar-refractivity contribution in [3.63, 3.8) is 0 Å². The zero-order chi connectivity index (χ0) is 15.9. The summed E-state index contributed by atoms with van der Waals surface area (Å²) in [5.74, 6) is 1.07. The minimum atomic E-state index is -0.0232. The van der Waals surface area contributed by atoms with Crippen LogP contribution in [0, 0.1) is 5.92 Å². The second-order valence-corrected chi connectivity index (χ2v) is 6.37. The molecular formula is C16H23Cl3N2O2. The quantitative estimate of drug-likeness (QED) is 0.818. The van der Waals surface area contributed by atoms with Crippen molar-refractivity contribution >= 4 is 41.5 Å². The van der Waals surface area contributed by atoms with Crippen LogP contribution in [0.15, 0.2) is 18.2 Å². The van der Waals surface area contributed by atoms with Gasteiger partial charge in [0.05, 0.1) is 10.0 Å². The van der Waals surface area contributed by atoms with Gasteiger partial charge in [-0.15, -0.1) is 12.4 Å². The number of hydrogen-bond donors (Lipinski definition) is 1. The molecule has 0 spiro atoms. The number of nitrogens with one attached hydrogen (secondary N) is 1. The summed E-state index contributed by atoms with van der Waals surface area (Å²) in [4.78, 5) is 14.1. The van der Waals surface area contributed by atoms with Crippen LogP contribution < -0.4 is 10.1 Å². The van der Waals surface area contributed by atoms with Gasteiger partial charge in [-0.2, -0.15) is 0 Å². The highest BCUT2D eigenvalue weighted by Gasteiger charge is 2.23. The maximum Gasteiger partial charge on any atom is 0.260 e. The summed E-state index contributed by atoms with van der Waals surface area (Å²) in [6, 6.07) is 5.14. The van der Waals surface area contributed by atoms with Crippen molar-refractivity contribution in [1.29, 1.82) is 0 Å². The molecule has 130 valence electrons. The van der Waals surface area contributed by atoms with Gasteiger partial charge in [0.15, 0.2) is 12.4 Å². The van der Waals surface area contributed by atoms with Gasteiger partial charge in [0.1, 0.15) is 0 Å². The lowest BCUT2D eigenvalue weighted by molar-refractivity contribution is -0.134. The summed E-state index contributed by atoms with van der Waals surface area (Å²) in [5, 5.41) is 4.02. The molecule has 0 bridgehead atoms. The fourth-order valence-electron chi connectivity index (χ4n) is 2.67. The average Bonchev–Trinajstić information content (AvgIpc) is 2.52. The van der Waals surface area contributed by atoms with Gasteiger partial charge in [0.2, 0.25) is 0 Å². The van der Waals surface area contributed by atoms with Gasteiger partial charge >= 0.3 is 0 Å². The lowest BCUT2D eigenvalue weighted by Crippen LogP contribution is -2.41. The zero-order valence-electron chi connectivity index (χ0n) is 13.2. The van der Waals surface area contributed by atoms with Crippen LogP contribution in [0.4, 0.5) is 0 Å². The largest absolute Gasteiger partial charge is 0.481 e. The van der Waals surface area contributed by atoms with E-state index in [4.69, 9.17) is 27.9 Å². The van der Waals surface area contributed by atoms with Crippen molar-refractivity contribution in [1.82, 2.24) is 10.2 Å². The van der Waals surface area contributed by atoms with E-state index < -0.39 is 0 Å². The summed E-state index contributed by atoms with van der Waals surface area (Å²) in [6.45, 7) is 2.61. The molecule has 1 N–H and O–H groups in total. The fourth-order valence-corrected chi connectivity index (χ4v) is 3.17. The normalized spacial score (nSPS) is 15.2. The Kier molecular flexibility index (Phi) is 9.07. The molecule has 1 saturated heterocycles. The van der Waals surface area contributed by atoms with Crippen LogP contribution in [-0.4, -0.2) is 44.1 Å². The van der Waals surface area contributed by atoms with Gasteiger partial charge in [-0.1, -0.05) is 29.3 Å². The van der Waals surface area contributed by atoms with Crippen molar-refractivity contribution in [3.8, 4) is 5.75 Å². The van der Waals surface area contributed by atoms with Gasteiger partial charge in [0.25, 0.3) is 5.91 Å². The first-order valence-corrected chi connectivity index (χ1v) is 8.36. The maximum absolute atomic E-state index is 12.2. The molecule has 0 atom stereocenters. The molecule has 1 aromatic rings. The molecule has 0 unspecified atom stereocenters. The van der Waals surface area contributed by atoms with Crippen LogP contribution in [0.1, 0.15) is 19.3 Å². The van der Waals surface area contributed by atoms with E-state index in [-0.39, 0.29) is 24.9 Å². The number of para-hydroxylation sites is 1. The van der Waals surface area contributed by atoms with E-state index in [1.807, 2.05) is 11.9 Å². The highest BCUT2D eigenvalue weighted by atomic mass is 35.5. The van der Waals surface area contributed by atoms with Crippen molar-refractivity contribution in [2.24, 2.45) is 5.92 Å². The zero-order valence-corrected chi connectivity index (χ0v) is 15.5. The third-order valence-electron chi connectivity index (χ3n) is 4.03. The van der Waals surface area contributed by atoms with Crippen LogP contribution in [0.2, 0.25) is 10.0 Å². The maximum atomic E-state index is 12.2. The van der Waals surface area contributed by atoms with E-state index in [1.165, 1.54) is 6.42 Å². The van der Waals surface area contributed by atoms with Gasteiger partial charge in [0, 0.05) is 13.1 Å². The van der Waals surface area contributed by atoms with Crippen LogP contribution in [0.25, 0.3) is 0 Å². The van der Waals surface area contributed by atoms with Crippen LogP contribution in [0.5, 0.6) is 5.75 Å². The lowest BCUT2D eigenvalue weighted by Gasteiger charge is -2.32. The molecule has 2 rings (SSSR count). The first kappa shape index (κ1) is 20.4. The van der Waals surface area contributed by atoms with Crippen LogP contribution in [-0.2, 0) is 4.79 Å². The third-order valence-corrected chi connectivity index (χ3v) is 4.62. The van der Waals surface area contributed by atoms with E-state index in [9.17, 15) is 4.79 Å². The van der Waals surface area contributed by atoms with Gasteiger partial charge in [-0.25, -0.2) is 0 Å². The number of hydrogen-bond acceptors (Lipinski definition) is 3. The van der Waals surface area contributed by atoms with Crippen molar-refractivity contribution in [2.45, 2.75) is 19.3 Å². The highest BCUT2D eigenvalue weighted by molar-refractivity contribution is 6.37. The highest BCUT2D eigenvalue weighted by Crippen LogP contribution is 2.32. The van der Waals surface area contributed by atoms with Crippen molar-refractivity contribution in [3.05, 3.63) is 28.2 Å². The topological polar surface area (TPSA) is 41.6 Å². The predicted molar refractivity (Wildman–Crippen MR) is 97.1 cm³/mol. The minimum Gasteiger partial charge on any atom is -0.481 e. The van der Waals surface area contributed by atoms with Crippen molar-refractivity contribution < 1.29 is 9.53 Å². The number of carbonyl (C=O) groups excluding carboxylic acids is 1.